The lowest BCUT2D eigenvalue weighted by Crippen LogP contribution is -2.46. The molecule has 3 nitrogen and oxygen atoms in total. The monoisotopic (exact) mass is 232 g/mol. The molecule has 0 aliphatic heterocycles. The van der Waals surface area contributed by atoms with Gasteiger partial charge in [-0.1, -0.05) is 13.0 Å². The molecule has 0 heterocycles. The van der Waals surface area contributed by atoms with Gasteiger partial charge in [-0.2, -0.15) is 5.26 Å². The van der Waals surface area contributed by atoms with Gasteiger partial charge >= 0.3 is 0 Å². The third-order valence-corrected chi connectivity index (χ3v) is 2.82. The molecule has 0 radical (unpaired) electrons. The summed E-state index contributed by atoms with van der Waals surface area (Å²) < 4.78 is 5.67. The van der Waals surface area contributed by atoms with Gasteiger partial charge in [0.25, 0.3) is 0 Å². The Morgan fingerprint density at radius 1 is 1.35 bits per heavy atom. The van der Waals surface area contributed by atoms with E-state index in [0.29, 0.717) is 6.61 Å². The van der Waals surface area contributed by atoms with Gasteiger partial charge in [-0.25, -0.2) is 0 Å². The molecule has 17 heavy (non-hydrogen) atoms. The Labute approximate surface area is 103 Å². The second-order valence-corrected chi connectivity index (χ2v) is 4.51. The summed E-state index contributed by atoms with van der Waals surface area (Å²) in [5.74, 6) is 0.812. The first-order chi connectivity index (χ1) is 8.00. The summed E-state index contributed by atoms with van der Waals surface area (Å²) >= 11 is 0. The Morgan fingerprint density at radius 3 is 2.59 bits per heavy atom. The Balaban J connectivity index is 2.66. The molecule has 0 aromatic heterocycles. The number of nitrogens with one attached hydrogen (secondary N) is 1. The van der Waals surface area contributed by atoms with Crippen molar-refractivity contribution in [2.24, 2.45) is 0 Å². The Bertz CT molecular complexity index is 423. The molecule has 1 unspecified atom stereocenters. The highest BCUT2D eigenvalue weighted by atomic mass is 16.5. The minimum absolute atomic E-state index is 0.347. The SMILES string of the molecule is CCNC(C)(C#N)COc1ccc(C)c(C)c1. The van der Waals surface area contributed by atoms with Crippen molar-refractivity contribution in [1.29, 1.82) is 5.26 Å². The number of aryl methyl sites for hydroxylation is 2. The smallest absolute Gasteiger partial charge is 0.138 e. The quantitative estimate of drug-likeness (QED) is 0.848. The van der Waals surface area contributed by atoms with Crippen molar-refractivity contribution < 1.29 is 4.74 Å². The number of hydrogen-bond donors (Lipinski definition) is 1. The summed E-state index contributed by atoms with van der Waals surface area (Å²) in [5.41, 5.74) is 1.81. The molecule has 1 atom stereocenters. The normalized spacial score (nSPS) is 13.8. The van der Waals surface area contributed by atoms with Crippen LogP contribution in [-0.2, 0) is 0 Å². The first kappa shape index (κ1) is 13.5. The van der Waals surface area contributed by atoms with Gasteiger partial charge in [0.2, 0.25) is 0 Å². The van der Waals surface area contributed by atoms with E-state index in [1.165, 1.54) is 11.1 Å². The Hall–Kier alpha value is -1.53. The van der Waals surface area contributed by atoms with E-state index in [1.54, 1.807) is 0 Å². The largest absolute Gasteiger partial charge is 0.491 e. The highest BCUT2D eigenvalue weighted by Gasteiger charge is 2.23. The van der Waals surface area contributed by atoms with Crippen molar-refractivity contribution in [2.45, 2.75) is 33.2 Å². The second kappa shape index (κ2) is 5.70. The van der Waals surface area contributed by atoms with E-state index in [1.807, 2.05) is 32.0 Å². The van der Waals surface area contributed by atoms with Gasteiger partial charge in [-0.15, -0.1) is 0 Å². The number of ether oxygens (including phenoxy) is 1. The van der Waals surface area contributed by atoms with Crippen molar-refractivity contribution in [3.05, 3.63) is 29.3 Å². The van der Waals surface area contributed by atoms with E-state index in [0.717, 1.165) is 12.3 Å². The fraction of sp³-hybridized carbons (Fsp3) is 0.500. The van der Waals surface area contributed by atoms with Crippen LogP contribution in [0, 0.1) is 25.2 Å². The van der Waals surface area contributed by atoms with Crippen LogP contribution in [0.3, 0.4) is 0 Å². The number of rotatable bonds is 5. The van der Waals surface area contributed by atoms with Crippen LogP contribution in [0.15, 0.2) is 18.2 Å². The Morgan fingerprint density at radius 2 is 2.06 bits per heavy atom. The molecular formula is C14H20N2O. The molecule has 3 heteroatoms. The number of likely N-dealkylation sites (N-methyl/N-ethyl adjacent to an activating group) is 1. The molecule has 0 amide bonds. The van der Waals surface area contributed by atoms with Crippen LogP contribution in [-0.4, -0.2) is 18.7 Å². The van der Waals surface area contributed by atoms with Crippen molar-refractivity contribution >= 4 is 0 Å². The zero-order valence-corrected chi connectivity index (χ0v) is 11.0. The fourth-order valence-electron chi connectivity index (χ4n) is 1.54. The minimum Gasteiger partial charge on any atom is -0.491 e. The number of nitriles is 1. The number of hydrogen-bond acceptors (Lipinski definition) is 3. The predicted octanol–water partition coefficient (Wildman–Crippen LogP) is 2.57. The Kier molecular flexibility index (Phi) is 4.53. The molecule has 0 bridgehead atoms. The first-order valence-corrected chi connectivity index (χ1v) is 5.87. The van der Waals surface area contributed by atoms with E-state index >= 15 is 0 Å². The maximum atomic E-state index is 9.10. The summed E-state index contributed by atoms with van der Waals surface area (Å²) in [6.45, 7) is 9.04. The predicted molar refractivity (Wildman–Crippen MR) is 69.1 cm³/mol. The van der Waals surface area contributed by atoms with E-state index < -0.39 is 5.54 Å². The van der Waals surface area contributed by atoms with Gasteiger partial charge in [-0.3, -0.25) is 5.32 Å². The van der Waals surface area contributed by atoms with Crippen molar-refractivity contribution in [2.75, 3.05) is 13.2 Å². The average Bonchev–Trinajstić information content (AvgIpc) is 2.31. The molecular weight excluding hydrogens is 212 g/mol. The summed E-state index contributed by atoms with van der Waals surface area (Å²) in [6, 6.07) is 8.20. The number of nitrogens with zero attached hydrogens (tertiary/aromatic N) is 1. The molecule has 92 valence electrons. The molecule has 1 aromatic carbocycles. The highest BCUT2D eigenvalue weighted by molar-refractivity contribution is 5.34. The molecule has 0 spiro atoms. The van der Waals surface area contributed by atoms with Gasteiger partial charge in [0.15, 0.2) is 0 Å². The van der Waals surface area contributed by atoms with E-state index in [-0.39, 0.29) is 0 Å². The number of benzene rings is 1. The summed E-state index contributed by atoms with van der Waals surface area (Å²) in [7, 11) is 0. The maximum Gasteiger partial charge on any atom is 0.138 e. The summed E-state index contributed by atoms with van der Waals surface area (Å²) in [4.78, 5) is 0. The van der Waals surface area contributed by atoms with E-state index in [4.69, 9.17) is 10.00 Å². The maximum absolute atomic E-state index is 9.10. The van der Waals surface area contributed by atoms with Crippen LogP contribution >= 0.6 is 0 Å². The standard InChI is InChI=1S/C14H20N2O/c1-5-16-14(4,9-15)10-17-13-7-6-11(2)12(3)8-13/h6-8,16H,5,10H2,1-4H3. The zero-order valence-electron chi connectivity index (χ0n) is 11.0. The van der Waals surface area contributed by atoms with Gasteiger partial charge in [0, 0.05) is 0 Å². The zero-order chi connectivity index (χ0) is 12.9. The van der Waals surface area contributed by atoms with Gasteiger partial charge < -0.3 is 4.74 Å². The molecule has 0 fully saturated rings. The summed E-state index contributed by atoms with van der Waals surface area (Å²) in [6.07, 6.45) is 0. The van der Waals surface area contributed by atoms with Gasteiger partial charge in [-0.05, 0) is 50.6 Å². The van der Waals surface area contributed by atoms with Crippen molar-refractivity contribution in [3.8, 4) is 11.8 Å². The van der Waals surface area contributed by atoms with Crippen LogP contribution in [0.25, 0.3) is 0 Å². The lowest BCUT2D eigenvalue weighted by atomic mass is 10.1. The van der Waals surface area contributed by atoms with Crippen LogP contribution < -0.4 is 10.1 Å². The highest BCUT2D eigenvalue weighted by Crippen LogP contribution is 2.17. The van der Waals surface area contributed by atoms with Crippen LogP contribution in [0.4, 0.5) is 0 Å². The van der Waals surface area contributed by atoms with E-state index in [2.05, 4.69) is 25.2 Å². The van der Waals surface area contributed by atoms with Gasteiger partial charge in [0.1, 0.15) is 17.9 Å². The third-order valence-electron chi connectivity index (χ3n) is 2.82. The minimum atomic E-state index is -0.631. The van der Waals surface area contributed by atoms with Gasteiger partial charge in [0.05, 0.1) is 6.07 Å². The fourth-order valence-corrected chi connectivity index (χ4v) is 1.54. The molecule has 1 aromatic rings. The van der Waals surface area contributed by atoms with Crippen molar-refractivity contribution in [1.82, 2.24) is 5.32 Å². The van der Waals surface area contributed by atoms with Crippen LogP contribution in [0.1, 0.15) is 25.0 Å². The molecule has 0 saturated heterocycles. The van der Waals surface area contributed by atoms with Crippen LogP contribution in [0.2, 0.25) is 0 Å². The third kappa shape index (κ3) is 3.76. The molecule has 0 aliphatic rings. The molecule has 1 rings (SSSR count). The topological polar surface area (TPSA) is 45.0 Å². The lowest BCUT2D eigenvalue weighted by molar-refractivity contribution is 0.236. The first-order valence-electron chi connectivity index (χ1n) is 5.87. The average molecular weight is 232 g/mol. The molecule has 1 N–H and O–H groups in total. The van der Waals surface area contributed by atoms with Crippen LogP contribution in [0.5, 0.6) is 5.75 Å². The lowest BCUT2D eigenvalue weighted by Gasteiger charge is -2.22. The molecule has 0 saturated carbocycles. The summed E-state index contributed by atoms with van der Waals surface area (Å²) in [5, 5.41) is 12.2. The van der Waals surface area contributed by atoms with Crippen molar-refractivity contribution in [3.63, 3.8) is 0 Å². The molecule has 0 aliphatic carbocycles. The second-order valence-electron chi connectivity index (χ2n) is 4.51. The van der Waals surface area contributed by atoms with E-state index in [9.17, 15) is 0 Å².